The standard InChI is InChI=1S/C29H35N3O3S/c1-23(2)26-11-13-27(14-12-26)32(36(34,35)28-15-9-24(3)10-16-28)22-29(33)31-19-17-30(18-20-31)21-25-7-5-4-6-8-25/h4-16,23H,17-22H2,1-3H3/p+1. The Kier molecular flexibility index (Phi) is 8.11. The zero-order valence-electron chi connectivity index (χ0n) is 21.4. The summed E-state index contributed by atoms with van der Waals surface area (Å²) in [6.45, 7) is 9.74. The third-order valence-electron chi connectivity index (χ3n) is 6.86. The summed E-state index contributed by atoms with van der Waals surface area (Å²) < 4.78 is 28.6. The Morgan fingerprint density at radius 2 is 1.53 bits per heavy atom. The van der Waals surface area contributed by atoms with Gasteiger partial charge in [-0.05, 0) is 42.7 Å². The lowest BCUT2D eigenvalue weighted by atomic mass is 10.0. The normalized spacial score (nSPS) is 14.7. The molecule has 1 aliphatic rings. The Bertz CT molecular complexity index is 1250. The van der Waals surface area contributed by atoms with Crippen LogP contribution >= 0.6 is 0 Å². The molecule has 3 aromatic rings. The first kappa shape index (κ1) is 25.9. The number of piperazine rings is 1. The highest BCUT2D eigenvalue weighted by molar-refractivity contribution is 7.92. The van der Waals surface area contributed by atoms with Crippen LogP contribution in [0.25, 0.3) is 0 Å². The predicted molar refractivity (Wildman–Crippen MR) is 144 cm³/mol. The monoisotopic (exact) mass is 506 g/mol. The first-order valence-corrected chi connectivity index (χ1v) is 14.0. The molecule has 1 saturated heterocycles. The maximum atomic E-state index is 13.7. The molecular formula is C29H36N3O3S+. The molecule has 1 amide bonds. The van der Waals surface area contributed by atoms with Gasteiger partial charge in [0, 0.05) is 5.56 Å². The van der Waals surface area contributed by atoms with Crippen molar-refractivity contribution in [3.8, 4) is 0 Å². The van der Waals surface area contributed by atoms with Gasteiger partial charge in [-0.25, -0.2) is 8.42 Å². The van der Waals surface area contributed by atoms with E-state index in [-0.39, 0.29) is 17.3 Å². The molecule has 1 fully saturated rings. The van der Waals surface area contributed by atoms with E-state index >= 15 is 0 Å². The molecule has 0 unspecified atom stereocenters. The summed E-state index contributed by atoms with van der Waals surface area (Å²) in [5.74, 6) is 0.162. The van der Waals surface area contributed by atoms with E-state index in [1.807, 2.05) is 37.3 Å². The van der Waals surface area contributed by atoms with Crippen molar-refractivity contribution in [2.24, 2.45) is 0 Å². The number of sulfonamides is 1. The van der Waals surface area contributed by atoms with E-state index < -0.39 is 10.0 Å². The van der Waals surface area contributed by atoms with Gasteiger partial charge < -0.3 is 9.80 Å². The zero-order chi connectivity index (χ0) is 25.7. The minimum absolute atomic E-state index is 0.169. The fourth-order valence-corrected chi connectivity index (χ4v) is 5.95. The van der Waals surface area contributed by atoms with Crippen LogP contribution in [0.4, 0.5) is 5.69 Å². The van der Waals surface area contributed by atoms with Crippen molar-refractivity contribution in [1.29, 1.82) is 0 Å². The molecule has 6 nitrogen and oxygen atoms in total. The minimum Gasteiger partial charge on any atom is -0.330 e. The van der Waals surface area contributed by atoms with Crippen molar-refractivity contribution in [3.05, 3.63) is 95.6 Å². The van der Waals surface area contributed by atoms with E-state index in [1.165, 1.54) is 14.8 Å². The van der Waals surface area contributed by atoms with Gasteiger partial charge in [0.25, 0.3) is 10.0 Å². The van der Waals surface area contributed by atoms with Crippen LogP contribution in [0.1, 0.15) is 36.5 Å². The average molecular weight is 507 g/mol. The number of hydrogen-bond acceptors (Lipinski definition) is 3. The Balaban J connectivity index is 1.51. The van der Waals surface area contributed by atoms with Gasteiger partial charge in [-0.1, -0.05) is 74.0 Å². The van der Waals surface area contributed by atoms with Gasteiger partial charge in [0.15, 0.2) is 0 Å². The number of quaternary nitrogens is 1. The van der Waals surface area contributed by atoms with Crippen LogP contribution in [0, 0.1) is 6.92 Å². The van der Waals surface area contributed by atoms with Crippen LogP contribution in [-0.2, 0) is 21.4 Å². The lowest BCUT2D eigenvalue weighted by molar-refractivity contribution is -0.917. The molecule has 0 atom stereocenters. The number of nitrogens with one attached hydrogen (secondary N) is 1. The molecule has 190 valence electrons. The number of aryl methyl sites for hydroxylation is 1. The fraction of sp³-hybridized carbons (Fsp3) is 0.345. The summed E-state index contributed by atoms with van der Waals surface area (Å²) in [5.41, 5.74) is 3.89. The van der Waals surface area contributed by atoms with E-state index in [2.05, 4.69) is 26.0 Å². The minimum atomic E-state index is -3.91. The second-order valence-electron chi connectivity index (χ2n) is 9.86. The van der Waals surface area contributed by atoms with Crippen molar-refractivity contribution in [3.63, 3.8) is 0 Å². The van der Waals surface area contributed by atoms with Crippen molar-refractivity contribution < 1.29 is 18.1 Å². The Labute approximate surface area is 215 Å². The highest BCUT2D eigenvalue weighted by Gasteiger charge is 2.31. The molecule has 0 bridgehead atoms. The molecular weight excluding hydrogens is 470 g/mol. The number of hydrogen-bond donors (Lipinski definition) is 1. The zero-order valence-corrected chi connectivity index (χ0v) is 22.2. The first-order valence-electron chi connectivity index (χ1n) is 12.6. The number of nitrogens with zero attached hydrogens (tertiary/aromatic N) is 2. The third kappa shape index (κ3) is 6.15. The number of amides is 1. The Morgan fingerprint density at radius 3 is 2.11 bits per heavy atom. The molecule has 3 aromatic carbocycles. The van der Waals surface area contributed by atoms with Crippen molar-refractivity contribution in [1.82, 2.24) is 4.90 Å². The number of rotatable bonds is 8. The first-order chi connectivity index (χ1) is 17.2. The molecule has 0 radical (unpaired) electrons. The van der Waals surface area contributed by atoms with Crippen LogP contribution in [0.3, 0.4) is 0 Å². The smallest absolute Gasteiger partial charge is 0.264 e. The SMILES string of the molecule is Cc1ccc(S(=O)(=O)N(CC(=O)N2CC[NH+](Cc3ccccc3)CC2)c2ccc(C(C)C)cc2)cc1. The second kappa shape index (κ2) is 11.3. The maximum Gasteiger partial charge on any atom is 0.264 e. The van der Waals surface area contributed by atoms with E-state index in [0.29, 0.717) is 24.7 Å². The number of carbonyl (C=O) groups is 1. The molecule has 0 aromatic heterocycles. The molecule has 1 heterocycles. The molecule has 36 heavy (non-hydrogen) atoms. The third-order valence-corrected chi connectivity index (χ3v) is 8.64. The highest BCUT2D eigenvalue weighted by Crippen LogP contribution is 2.26. The Morgan fingerprint density at radius 1 is 0.917 bits per heavy atom. The molecule has 0 spiro atoms. The van der Waals surface area contributed by atoms with Crippen LogP contribution in [0.15, 0.2) is 83.8 Å². The van der Waals surface area contributed by atoms with Gasteiger partial charge in [0.1, 0.15) is 13.1 Å². The average Bonchev–Trinajstić information content (AvgIpc) is 2.88. The summed E-state index contributed by atoms with van der Waals surface area (Å²) >= 11 is 0. The second-order valence-corrected chi connectivity index (χ2v) is 11.7. The molecule has 0 aliphatic carbocycles. The highest BCUT2D eigenvalue weighted by atomic mass is 32.2. The van der Waals surface area contributed by atoms with Gasteiger partial charge in [-0.2, -0.15) is 0 Å². The molecule has 0 saturated carbocycles. The lowest BCUT2D eigenvalue weighted by Gasteiger charge is -2.34. The summed E-state index contributed by atoms with van der Waals surface area (Å²) in [6.07, 6.45) is 0. The fourth-order valence-electron chi connectivity index (χ4n) is 4.53. The summed E-state index contributed by atoms with van der Waals surface area (Å²) in [5, 5.41) is 0. The van der Waals surface area contributed by atoms with Crippen molar-refractivity contribution >= 4 is 21.6 Å². The van der Waals surface area contributed by atoms with E-state index in [4.69, 9.17) is 0 Å². The number of anilines is 1. The summed E-state index contributed by atoms with van der Waals surface area (Å²) in [4.78, 5) is 16.8. The van der Waals surface area contributed by atoms with Crippen molar-refractivity contribution in [2.75, 3.05) is 37.0 Å². The molecule has 4 rings (SSSR count). The molecule has 1 aliphatic heterocycles. The van der Waals surface area contributed by atoms with Crippen LogP contribution < -0.4 is 9.21 Å². The number of benzene rings is 3. The van der Waals surface area contributed by atoms with Gasteiger partial charge in [-0.15, -0.1) is 0 Å². The van der Waals surface area contributed by atoms with Gasteiger partial charge in [0.05, 0.1) is 36.8 Å². The topological polar surface area (TPSA) is 62.1 Å². The number of carbonyl (C=O) groups excluding carboxylic acids is 1. The lowest BCUT2D eigenvalue weighted by Crippen LogP contribution is -3.13. The largest absolute Gasteiger partial charge is 0.330 e. The molecule has 1 N–H and O–H groups in total. The molecule has 7 heteroatoms. The van der Waals surface area contributed by atoms with E-state index in [9.17, 15) is 13.2 Å². The van der Waals surface area contributed by atoms with Crippen molar-refractivity contribution in [2.45, 2.75) is 38.1 Å². The summed E-state index contributed by atoms with van der Waals surface area (Å²) in [6, 6.07) is 24.6. The predicted octanol–water partition coefficient (Wildman–Crippen LogP) is 3.24. The van der Waals surface area contributed by atoms with E-state index in [1.54, 1.807) is 41.3 Å². The van der Waals surface area contributed by atoms with Crippen LogP contribution in [-0.4, -0.2) is 51.9 Å². The maximum absolute atomic E-state index is 13.7. The quantitative estimate of drug-likeness (QED) is 0.510. The van der Waals surface area contributed by atoms with E-state index in [0.717, 1.165) is 30.8 Å². The summed E-state index contributed by atoms with van der Waals surface area (Å²) in [7, 11) is -3.91. The van der Waals surface area contributed by atoms with Crippen LogP contribution in [0.5, 0.6) is 0 Å². The van der Waals surface area contributed by atoms with Gasteiger partial charge >= 0.3 is 0 Å². The van der Waals surface area contributed by atoms with Gasteiger partial charge in [-0.3, -0.25) is 9.10 Å². The van der Waals surface area contributed by atoms with Crippen LogP contribution in [0.2, 0.25) is 0 Å². The Hall–Kier alpha value is -3.16. The van der Waals surface area contributed by atoms with Gasteiger partial charge in [0.2, 0.25) is 5.91 Å².